The lowest BCUT2D eigenvalue weighted by Gasteiger charge is -2.34. The molecule has 6 heteroatoms. The molecule has 1 amide bonds. The smallest absolute Gasteiger partial charge is 0.234 e. The number of hydrogen-bond donors (Lipinski definition) is 1. The van der Waals surface area contributed by atoms with Crippen LogP contribution in [-0.2, 0) is 11.3 Å². The van der Waals surface area contributed by atoms with E-state index in [-0.39, 0.29) is 23.7 Å². The first kappa shape index (κ1) is 20.4. The number of carbonyl (C=O) groups excluding carboxylic acids is 1. The van der Waals surface area contributed by atoms with Gasteiger partial charge in [-0.05, 0) is 35.7 Å². The van der Waals surface area contributed by atoms with Gasteiger partial charge in [-0.15, -0.1) is 0 Å². The monoisotopic (exact) mass is 384 g/mol. The highest BCUT2D eigenvalue weighted by atomic mass is 19.1. The molecule has 0 radical (unpaired) electrons. The van der Waals surface area contributed by atoms with Crippen molar-refractivity contribution >= 4 is 5.91 Å². The van der Waals surface area contributed by atoms with Crippen molar-refractivity contribution in [2.24, 2.45) is 5.92 Å². The van der Waals surface area contributed by atoms with Crippen LogP contribution in [-0.4, -0.2) is 53.4 Å². The number of benzene rings is 1. The highest BCUT2D eigenvalue weighted by Crippen LogP contribution is 2.22. The second kappa shape index (κ2) is 9.75. The summed E-state index contributed by atoms with van der Waals surface area (Å²) in [4.78, 5) is 21.5. The molecule has 1 unspecified atom stereocenters. The second-order valence-corrected chi connectivity index (χ2v) is 7.71. The van der Waals surface area contributed by atoms with Crippen molar-refractivity contribution in [3.8, 4) is 0 Å². The first-order valence-electron chi connectivity index (χ1n) is 9.90. The highest BCUT2D eigenvalue weighted by molar-refractivity contribution is 5.78. The van der Waals surface area contributed by atoms with Crippen LogP contribution in [0.15, 0.2) is 48.7 Å². The standard InChI is InChI=1S/C22H29FN4O/c1-17(2)22(18-6-8-19(23)9-7-18)25-21(28)16-27-13-11-26(12-14-27)15-20-5-3-4-10-24-20/h3-10,17,22H,11-16H2,1-2H3,(H,25,28). The molecule has 2 aromatic rings. The molecule has 1 saturated heterocycles. The number of hydrogen-bond acceptors (Lipinski definition) is 4. The van der Waals surface area contributed by atoms with Crippen LogP contribution in [0.2, 0.25) is 0 Å². The van der Waals surface area contributed by atoms with E-state index in [1.165, 1.54) is 12.1 Å². The van der Waals surface area contributed by atoms with Gasteiger partial charge in [-0.1, -0.05) is 32.0 Å². The molecule has 28 heavy (non-hydrogen) atoms. The predicted octanol–water partition coefficient (Wildman–Crippen LogP) is 2.85. The van der Waals surface area contributed by atoms with Crippen LogP contribution in [0.25, 0.3) is 0 Å². The minimum Gasteiger partial charge on any atom is -0.348 e. The lowest BCUT2D eigenvalue weighted by molar-refractivity contribution is -0.123. The first-order valence-corrected chi connectivity index (χ1v) is 9.90. The topological polar surface area (TPSA) is 48.5 Å². The van der Waals surface area contributed by atoms with E-state index >= 15 is 0 Å². The molecular weight excluding hydrogens is 355 g/mol. The zero-order valence-corrected chi connectivity index (χ0v) is 16.6. The van der Waals surface area contributed by atoms with Crippen LogP contribution in [0.1, 0.15) is 31.1 Å². The Kier molecular flexibility index (Phi) is 7.12. The summed E-state index contributed by atoms with van der Waals surface area (Å²) in [6.07, 6.45) is 1.82. The van der Waals surface area contributed by atoms with Gasteiger partial charge >= 0.3 is 0 Å². The SMILES string of the molecule is CC(C)C(NC(=O)CN1CCN(Cc2ccccn2)CC1)c1ccc(F)cc1. The molecule has 0 bridgehead atoms. The van der Waals surface area contributed by atoms with E-state index in [0.29, 0.717) is 6.54 Å². The number of pyridine rings is 1. The van der Waals surface area contributed by atoms with Gasteiger partial charge in [-0.2, -0.15) is 0 Å². The minimum absolute atomic E-state index is 0.0150. The highest BCUT2D eigenvalue weighted by Gasteiger charge is 2.22. The third kappa shape index (κ3) is 5.84. The molecule has 1 N–H and O–H groups in total. The third-order valence-corrected chi connectivity index (χ3v) is 5.16. The number of amides is 1. The van der Waals surface area contributed by atoms with Gasteiger partial charge < -0.3 is 5.32 Å². The van der Waals surface area contributed by atoms with Crippen LogP contribution in [0.3, 0.4) is 0 Å². The first-order chi connectivity index (χ1) is 13.5. The van der Waals surface area contributed by atoms with Gasteiger partial charge in [0, 0.05) is 38.9 Å². The van der Waals surface area contributed by atoms with E-state index in [1.807, 2.05) is 24.4 Å². The zero-order chi connectivity index (χ0) is 19.9. The van der Waals surface area contributed by atoms with Crippen LogP contribution in [0.5, 0.6) is 0 Å². The average Bonchev–Trinajstić information content (AvgIpc) is 2.69. The average molecular weight is 384 g/mol. The summed E-state index contributed by atoms with van der Waals surface area (Å²) < 4.78 is 13.2. The van der Waals surface area contributed by atoms with Crippen molar-refractivity contribution in [2.75, 3.05) is 32.7 Å². The van der Waals surface area contributed by atoms with E-state index in [0.717, 1.165) is 44.0 Å². The van der Waals surface area contributed by atoms with E-state index in [1.54, 1.807) is 12.1 Å². The molecule has 1 aromatic heterocycles. The number of nitrogens with one attached hydrogen (secondary N) is 1. The molecule has 1 aliphatic heterocycles. The Morgan fingerprint density at radius 2 is 1.75 bits per heavy atom. The number of carbonyl (C=O) groups is 1. The molecule has 1 atom stereocenters. The zero-order valence-electron chi connectivity index (χ0n) is 16.6. The number of rotatable bonds is 7. The molecule has 0 spiro atoms. The number of nitrogens with zero attached hydrogens (tertiary/aromatic N) is 3. The Labute approximate surface area is 166 Å². The largest absolute Gasteiger partial charge is 0.348 e. The van der Waals surface area contributed by atoms with Gasteiger partial charge in [0.1, 0.15) is 5.82 Å². The van der Waals surface area contributed by atoms with Crippen LogP contribution in [0.4, 0.5) is 4.39 Å². The summed E-state index contributed by atoms with van der Waals surface area (Å²) in [5.74, 6) is -0.0213. The molecule has 1 aliphatic rings. The molecule has 3 rings (SSSR count). The molecule has 1 fully saturated rings. The van der Waals surface area contributed by atoms with E-state index in [4.69, 9.17) is 0 Å². The number of piperazine rings is 1. The van der Waals surface area contributed by atoms with E-state index in [2.05, 4.69) is 33.9 Å². The Balaban J connectivity index is 1.47. The van der Waals surface area contributed by atoms with Crippen molar-refractivity contribution in [2.45, 2.75) is 26.4 Å². The molecule has 0 aliphatic carbocycles. The molecule has 0 saturated carbocycles. The maximum absolute atomic E-state index is 13.2. The third-order valence-electron chi connectivity index (χ3n) is 5.16. The summed E-state index contributed by atoms with van der Waals surface area (Å²) in [5.41, 5.74) is 2.01. The molecule has 150 valence electrons. The summed E-state index contributed by atoms with van der Waals surface area (Å²) >= 11 is 0. The normalized spacial score (nSPS) is 16.9. The fourth-order valence-corrected chi connectivity index (χ4v) is 3.55. The Hall–Kier alpha value is -2.31. The van der Waals surface area contributed by atoms with E-state index < -0.39 is 0 Å². The quantitative estimate of drug-likeness (QED) is 0.798. The van der Waals surface area contributed by atoms with Gasteiger partial charge in [0.2, 0.25) is 5.91 Å². The van der Waals surface area contributed by atoms with Gasteiger partial charge in [0.15, 0.2) is 0 Å². The Morgan fingerprint density at radius 3 is 2.36 bits per heavy atom. The van der Waals surface area contributed by atoms with Crippen LogP contribution in [0, 0.1) is 11.7 Å². The fraction of sp³-hybridized carbons (Fsp3) is 0.455. The van der Waals surface area contributed by atoms with Gasteiger partial charge in [0.05, 0.1) is 18.3 Å². The van der Waals surface area contributed by atoms with E-state index in [9.17, 15) is 9.18 Å². The summed E-state index contributed by atoms with van der Waals surface area (Å²) in [7, 11) is 0. The molecule has 2 heterocycles. The second-order valence-electron chi connectivity index (χ2n) is 7.71. The molecule has 1 aromatic carbocycles. The number of halogens is 1. The van der Waals surface area contributed by atoms with Gasteiger partial charge in [-0.3, -0.25) is 19.6 Å². The minimum atomic E-state index is -0.263. The van der Waals surface area contributed by atoms with Gasteiger partial charge in [0.25, 0.3) is 0 Å². The predicted molar refractivity (Wildman–Crippen MR) is 108 cm³/mol. The Bertz CT molecular complexity index is 743. The summed E-state index contributed by atoms with van der Waals surface area (Å²) in [5, 5.41) is 3.12. The van der Waals surface area contributed by atoms with Crippen molar-refractivity contribution in [3.05, 3.63) is 65.7 Å². The van der Waals surface area contributed by atoms with Crippen molar-refractivity contribution in [3.63, 3.8) is 0 Å². The van der Waals surface area contributed by atoms with Crippen LogP contribution < -0.4 is 5.32 Å². The van der Waals surface area contributed by atoms with Crippen LogP contribution >= 0.6 is 0 Å². The molecular formula is C22H29FN4O. The maximum Gasteiger partial charge on any atom is 0.234 e. The maximum atomic E-state index is 13.2. The summed E-state index contributed by atoms with van der Waals surface area (Å²) in [6.45, 7) is 8.94. The van der Waals surface area contributed by atoms with Crippen molar-refractivity contribution in [1.82, 2.24) is 20.1 Å². The van der Waals surface area contributed by atoms with Crippen molar-refractivity contribution < 1.29 is 9.18 Å². The molecule has 5 nitrogen and oxygen atoms in total. The Morgan fingerprint density at radius 1 is 1.07 bits per heavy atom. The fourth-order valence-electron chi connectivity index (χ4n) is 3.55. The van der Waals surface area contributed by atoms with Crippen molar-refractivity contribution in [1.29, 1.82) is 0 Å². The summed E-state index contributed by atoms with van der Waals surface area (Å²) in [6, 6.07) is 12.2. The lowest BCUT2D eigenvalue weighted by Crippen LogP contribution is -2.49. The number of aromatic nitrogens is 1. The van der Waals surface area contributed by atoms with Gasteiger partial charge in [-0.25, -0.2) is 4.39 Å². The lowest BCUT2D eigenvalue weighted by atomic mass is 9.96.